The lowest BCUT2D eigenvalue weighted by molar-refractivity contribution is -0.147. The Hall–Kier alpha value is -2.19. The van der Waals surface area contributed by atoms with Crippen molar-refractivity contribution in [3.63, 3.8) is 0 Å². The molecule has 1 fully saturated rings. The zero-order valence-corrected chi connectivity index (χ0v) is 14.2. The van der Waals surface area contributed by atoms with E-state index >= 15 is 0 Å². The van der Waals surface area contributed by atoms with Gasteiger partial charge in [-0.25, -0.2) is 0 Å². The highest BCUT2D eigenvalue weighted by Gasteiger charge is 2.59. The second-order valence-electron chi connectivity index (χ2n) is 5.92. The first-order chi connectivity index (χ1) is 11.3. The molecule has 2 aliphatic rings. The van der Waals surface area contributed by atoms with Gasteiger partial charge in [-0.3, -0.25) is 25.2 Å². The fourth-order valence-corrected chi connectivity index (χ4v) is 3.41. The molecule has 1 saturated heterocycles. The fraction of sp³-hybridized carbons (Fsp3) is 0.312. The number of carbonyl (C=O) groups is 3. The number of nitrogens with one attached hydrogen (secondary N) is 2. The lowest BCUT2D eigenvalue weighted by atomic mass is 9.76. The molecule has 2 bridgehead atoms. The molecule has 24 heavy (non-hydrogen) atoms. The summed E-state index contributed by atoms with van der Waals surface area (Å²) in [5.74, 6) is -4.10. The van der Waals surface area contributed by atoms with Gasteiger partial charge in [-0.1, -0.05) is 28.1 Å². The summed E-state index contributed by atoms with van der Waals surface area (Å²) in [6.45, 7) is 1.66. The molecule has 3 rings (SSSR count). The van der Waals surface area contributed by atoms with Gasteiger partial charge in [-0.05, 0) is 31.2 Å². The van der Waals surface area contributed by atoms with E-state index < -0.39 is 41.3 Å². The summed E-state index contributed by atoms with van der Waals surface area (Å²) in [5, 5.41) is 9.36. The van der Waals surface area contributed by atoms with Gasteiger partial charge in [0, 0.05) is 10.0 Å². The predicted octanol–water partition coefficient (Wildman–Crippen LogP) is 1.25. The molecular formula is C16H15BrN2O5. The number of aliphatic carboxylic acids is 1. The van der Waals surface area contributed by atoms with E-state index in [1.807, 2.05) is 0 Å². The van der Waals surface area contributed by atoms with Crippen LogP contribution in [0.5, 0.6) is 0 Å². The van der Waals surface area contributed by atoms with Crippen LogP contribution in [-0.2, 0) is 14.3 Å². The van der Waals surface area contributed by atoms with Gasteiger partial charge in [0.2, 0.25) is 5.91 Å². The number of carbonyl (C=O) groups excluding carboxylic acids is 2. The predicted molar refractivity (Wildman–Crippen MR) is 86.8 cm³/mol. The second-order valence-corrected chi connectivity index (χ2v) is 6.83. The van der Waals surface area contributed by atoms with Gasteiger partial charge in [0.25, 0.3) is 5.91 Å². The molecule has 2 amide bonds. The van der Waals surface area contributed by atoms with E-state index in [9.17, 15) is 19.5 Å². The average molecular weight is 395 g/mol. The number of carboxylic acids is 1. The number of hydrazine groups is 1. The molecule has 0 saturated carbocycles. The summed E-state index contributed by atoms with van der Waals surface area (Å²) >= 11 is 3.27. The van der Waals surface area contributed by atoms with Crippen molar-refractivity contribution in [1.29, 1.82) is 0 Å². The van der Waals surface area contributed by atoms with Crippen LogP contribution < -0.4 is 10.9 Å². The Morgan fingerprint density at radius 2 is 1.88 bits per heavy atom. The standard InChI is InChI=1S/C16H15BrN2O5/c1-16-7-6-10(24-16)11(15(22)23)12(16)14(21)19-18-13(20)8-2-4-9(17)5-3-8/h2-7,10-12H,1H3,(H,18,20)(H,19,21)(H,22,23)/t10-,11+,12+,16+/m1/s1. The maximum Gasteiger partial charge on any atom is 0.310 e. The van der Waals surface area contributed by atoms with Crippen molar-refractivity contribution in [3.8, 4) is 0 Å². The third-order valence-corrected chi connectivity index (χ3v) is 4.84. The fourth-order valence-electron chi connectivity index (χ4n) is 3.15. The van der Waals surface area contributed by atoms with Crippen molar-refractivity contribution in [1.82, 2.24) is 10.9 Å². The van der Waals surface area contributed by atoms with Crippen LogP contribution in [-0.4, -0.2) is 34.6 Å². The van der Waals surface area contributed by atoms with E-state index in [2.05, 4.69) is 26.8 Å². The molecule has 0 spiro atoms. The first-order valence-corrected chi connectivity index (χ1v) is 8.07. The van der Waals surface area contributed by atoms with Crippen molar-refractivity contribution >= 4 is 33.7 Å². The van der Waals surface area contributed by atoms with E-state index in [0.29, 0.717) is 5.56 Å². The first-order valence-electron chi connectivity index (χ1n) is 7.27. The lowest BCUT2D eigenvalue weighted by Crippen LogP contribution is -2.52. The monoisotopic (exact) mass is 394 g/mol. The molecule has 8 heteroatoms. The highest BCUT2D eigenvalue weighted by atomic mass is 79.9. The average Bonchev–Trinajstić information content (AvgIpc) is 3.06. The molecule has 126 valence electrons. The molecular weight excluding hydrogens is 380 g/mol. The van der Waals surface area contributed by atoms with Crippen LogP contribution in [0.15, 0.2) is 40.9 Å². The minimum absolute atomic E-state index is 0.364. The molecule has 7 nitrogen and oxygen atoms in total. The van der Waals surface area contributed by atoms with Gasteiger partial charge in [-0.2, -0.15) is 0 Å². The Kier molecular flexibility index (Phi) is 4.18. The van der Waals surface area contributed by atoms with E-state index in [4.69, 9.17) is 4.74 Å². The smallest absolute Gasteiger partial charge is 0.310 e. The quantitative estimate of drug-likeness (QED) is 0.528. The molecule has 0 radical (unpaired) electrons. The summed E-state index contributed by atoms with van der Waals surface area (Å²) in [4.78, 5) is 35.9. The summed E-state index contributed by atoms with van der Waals surface area (Å²) in [6.07, 6.45) is 2.71. The zero-order valence-electron chi connectivity index (χ0n) is 12.7. The molecule has 2 aliphatic heterocycles. The summed E-state index contributed by atoms with van der Waals surface area (Å²) in [5.41, 5.74) is 3.99. The maximum absolute atomic E-state index is 12.4. The van der Waals surface area contributed by atoms with Crippen LogP contribution in [0.3, 0.4) is 0 Å². The first kappa shape index (κ1) is 16.7. The van der Waals surface area contributed by atoms with Gasteiger partial charge in [-0.15, -0.1) is 0 Å². The van der Waals surface area contributed by atoms with E-state index in [1.165, 1.54) is 0 Å². The molecule has 4 atom stereocenters. The number of carboxylic acid groups (broad SMARTS) is 1. The van der Waals surface area contributed by atoms with Gasteiger partial charge in [0.1, 0.15) is 5.92 Å². The van der Waals surface area contributed by atoms with Gasteiger partial charge < -0.3 is 9.84 Å². The molecule has 1 aromatic carbocycles. The lowest BCUT2D eigenvalue weighted by Gasteiger charge is -2.27. The van der Waals surface area contributed by atoms with Crippen molar-refractivity contribution in [3.05, 3.63) is 46.5 Å². The highest BCUT2D eigenvalue weighted by molar-refractivity contribution is 9.10. The van der Waals surface area contributed by atoms with Gasteiger partial charge >= 0.3 is 5.97 Å². The second kappa shape index (κ2) is 6.03. The SMILES string of the molecule is C[C@@]12C=C[C@@H](O1)[C@H](C(=O)O)[C@H]2C(=O)NNC(=O)c1ccc(Br)cc1. The number of ether oxygens (including phenoxy) is 1. The van der Waals surface area contributed by atoms with Crippen molar-refractivity contribution in [2.24, 2.45) is 11.8 Å². The minimum atomic E-state index is -1.10. The minimum Gasteiger partial charge on any atom is -0.481 e. The Morgan fingerprint density at radius 3 is 2.50 bits per heavy atom. The number of rotatable bonds is 3. The number of amides is 2. The number of hydrogen-bond donors (Lipinski definition) is 3. The van der Waals surface area contributed by atoms with Crippen molar-refractivity contribution in [2.45, 2.75) is 18.6 Å². The molecule has 2 heterocycles. The van der Waals surface area contributed by atoms with E-state index in [0.717, 1.165) is 4.47 Å². The largest absolute Gasteiger partial charge is 0.481 e. The van der Waals surface area contributed by atoms with Crippen LogP contribution in [0, 0.1) is 11.8 Å². The molecule has 3 N–H and O–H groups in total. The van der Waals surface area contributed by atoms with Gasteiger partial charge in [0.05, 0.1) is 17.6 Å². The third kappa shape index (κ3) is 2.83. The molecule has 1 aromatic rings. The Bertz CT molecular complexity index is 732. The summed E-state index contributed by atoms with van der Waals surface area (Å²) in [7, 11) is 0. The number of benzene rings is 1. The van der Waals surface area contributed by atoms with Crippen LogP contribution in [0.1, 0.15) is 17.3 Å². The van der Waals surface area contributed by atoms with E-state index in [-0.39, 0.29) is 0 Å². The Morgan fingerprint density at radius 1 is 1.21 bits per heavy atom. The van der Waals surface area contributed by atoms with Crippen molar-refractivity contribution < 1.29 is 24.2 Å². The van der Waals surface area contributed by atoms with E-state index in [1.54, 1.807) is 43.3 Å². The van der Waals surface area contributed by atoms with Crippen LogP contribution >= 0.6 is 15.9 Å². The van der Waals surface area contributed by atoms with Crippen LogP contribution in [0.2, 0.25) is 0 Å². The zero-order chi connectivity index (χ0) is 17.5. The number of hydrogen-bond acceptors (Lipinski definition) is 4. The number of halogens is 1. The maximum atomic E-state index is 12.4. The van der Waals surface area contributed by atoms with Gasteiger partial charge in [0.15, 0.2) is 0 Å². The summed E-state index contributed by atoms with van der Waals surface area (Å²) < 4.78 is 6.43. The molecule has 0 aliphatic carbocycles. The summed E-state index contributed by atoms with van der Waals surface area (Å²) in [6, 6.07) is 6.59. The molecule has 0 aromatic heterocycles. The Labute approximate surface area is 146 Å². The highest BCUT2D eigenvalue weighted by Crippen LogP contribution is 2.46. The van der Waals surface area contributed by atoms with Crippen molar-refractivity contribution in [2.75, 3.05) is 0 Å². The normalized spacial score (nSPS) is 30.2. The van der Waals surface area contributed by atoms with Crippen LogP contribution in [0.25, 0.3) is 0 Å². The molecule has 0 unspecified atom stereocenters. The topological polar surface area (TPSA) is 105 Å². The third-order valence-electron chi connectivity index (χ3n) is 4.31. The number of fused-ring (bicyclic) bond motifs is 2. The Balaban J connectivity index is 1.68. The van der Waals surface area contributed by atoms with Crippen LogP contribution in [0.4, 0.5) is 0 Å².